The second kappa shape index (κ2) is 6.40. The molecule has 1 aliphatic rings. The van der Waals surface area contributed by atoms with Gasteiger partial charge in [-0.25, -0.2) is 0 Å². The highest BCUT2D eigenvalue weighted by Crippen LogP contribution is 2.27. The molecule has 0 aliphatic heterocycles. The molecule has 0 radical (unpaired) electrons. The van der Waals surface area contributed by atoms with Crippen molar-refractivity contribution in [1.82, 2.24) is 4.90 Å². The monoisotopic (exact) mass is 257 g/mol. The van der Waals surface area contributed by atoms with Crippen molar-refractivity contribution in [3.8, 4) is 11.8 Å². The van der Waals surface area contributed by atoms with Crippen molar-refractivity contribution in [3.63, 3.8) is 0 Å². The molecule has 0 aromatic heterocycles. The molecule has 0 saturated heterocycles. The lowest BCUT2D eigenvalue weighted by Crippen LogP contribution is -2.32. The molecule has 1 aromatic carbocycles. The van der Waals surface area contributed by atoms with Crippen molar-refractivity contribution in [2.24, 2.45) is 0 Å². The molecule has 3 nitrogen and oxygen atoms in total. The maximum Gasteiger partial charge on any atom is 0.254 e. The standard InChI is InChI=1S/C16H19NO2/c1-2-17(15-9-10-15)16(19)14-8-5-7-13(12-14)6-3-4-11-18/h5,7-8,12,15,18H,2,4,9-11H2,1H3. The maximum absolute atomic E-state index is 12.4. The first kappa shape index (κ1) is 13.6. The average Bonchev–Trinajstić information content (AvgIpc) is 3.25. The van der Waals surface area contributed by atoms with Crippen LogP contribution in [0.25, 0.3) is 0 Å². The molecule has 0 atom stereocenters. The molecule has 0 heterocycles. The SMILES string of the molecule is CCN(C(=O)c1cccc(C#CCCO)c1)C1CC1. The number of benzene rings is 1. The number of carbonyl (C=O) groups is 1. The van der Waals surface area contributed by atoms with Crippen LogP contribution in [0, 0.1) is 11.8 Å². The molecule has 100 valence electrons. The number of aliphatic hydroxyl groups is 1. The second-order valence-electron chi connectivity index (χ2n) is 4.68. The number of carbonyl (C=O) groups excluding carboxylic acids is 1. The molecule has 1 N–H and O–H groups in total. The number of aliphatic hydroxyl groups excluding tert-OH is 1. The van der Waals surface area contributed by atoms with Gasteiger partial charge in [-0.2, -0.15) is 0 Å². The highest BCUT2D eigenvalue weighted by atomic mass is 16.2. The van der Waals surface area contributed by atoms with Crippen molar-refractivity contribution in [3.05, 3.63) is 35.4 Å². The number of hydrogen-bond acceptors (Lipinski definition) is 2. The lowest BCUT2D eigenvalue weighted by Gasteiger charge is -2.20. The Morgan fingerprint density at radius 2 is 2.26 bits per heavy atom. The molecule has 0 unspecified atom stereocenters. The quantitative estimate of drug-likeness (QED) is 0.839. The number of hydrogen-bond donors (Lipinski definition) is 1. The molecule has 1 aromatic rings. The van der Waals surface area contributed by atoms with E-state index in [1.54, 1.807) is 0 Å². The van der Waals surface area contributed by atoms with Crippen molar-refractivity contribution < 1.29 is 9.90 Å². The van der Waals surface area contributed by atoms with E-state index >= 15 is 0 Å². The minimum Gasteiger partial charge on any atom is -0.395 e. The van der Waals surface area contributed by atoms with E-state index in [1.165, 1.54) is 0 Å². The van der Waals surface area contributed by atoms with E-state index in [4.69, 9.17) is 5.11 Å². The van der Waals surface area contributed by atoms with Crippen molar-refractivity contribution in [2.75, 3.05) is 13.2 Å². The van der Waals surface area contributed by atoms with Crippen molar-refractivity contribution >= 4 is 5.91 Å². The zero-order valence-electron chi connectivity index (χ0n) is 11.2. The molecule has 1 saturated carbocycles. The predicted molar refractivity (Wildman–Crippen MR) is 74.8 cm³/mol. The van der Waals surface area contributed by atoms with Crippen LogP contribution < -0.4 is 0 Å². The topological polar surface area (TPSA) is 40.5 Å². The van der Waals surface area contributed by atoms with Crippen LogP contribution in [-0.2, 0) is 0 Å². The van der Waals surface area contributed by atoms with Crippen LogP contribution in [0.15, 0.2) is 24.3 Å². The Morgan fingerprint density at radius 3 is 2.89 bits per heavy atom. The van der Waals surface area contributed by atoms with Gasteiger partial charge in [0, 0.05) is 30.1 Å². The Morgan fingerprint density at radius 1 is 1.47 bits per heavy atom. The summed E-state index contributed by atoms with van der Waals surface area (Å²) in [4.78, 5) is 14.3. The van der Waals surface area contributed by atoms with E-state index in [0.29, 0.717) is 18.0 Å². The smallest absolute Gasteiger partial charge is 0.254 e. The van der Waals surface area contributed by atoms with E-state index in [0.717, 1.165) is 24.9 Å². The summed E-state index contributed by atoms with van der Waals surface area (Å²) in [5, 5.41) is 8.70. The van der Waals surface area contributed by atoms with Crippen LogP contribution in [0.2, 0.25) is 0 Å². The lowest BCUT2D eigenvalue weighted by molar-refractivity contribution is 0.0752. The van der Waals surface area contributed by atoms with Crippen LogP contribution in [0.1, 0.15) is 42.1 Å². The van der Waals surface area contributed by atoms with Crippen molar-refractivity contribution in [1.29, 1.82) is 0 Å². The van der Waals surface area contributed by atoms with Gasteiger partial charge in [-0.1, -0.05) is 17.9 Å². The maximum atomic E-state index is 12.4. The zero-order valence-corrected chi connectivity index (χ0v) is 11.2. The summed E-state index contributed by atoms with van der Waals surface area (Å²) >= 11 is 0. The van der Waals surface area contributed by atoms with Crippen LogP contribution in [0.4, 0.5) is 0 Å². The summed E-state index contributed by atoms with van der Waals surface area (Å²) in [7, 11) is 0. The summed E-state index contributed by atoms with van der Waals surface area (Å²) in [5.74, 6) is 5.93. The first-order chi connectivity index (χ1) is 9.26. The molecule has 0 bridgehead atoms. The molecule has 1 fully saturated rings. The molecule has 0 spiro atoms. The van der Waals surface area contributed by atoms with Crippen LogP contribution in [0.5, 0.6) is 0 Å². The summed E-state index contributed by atoms with van der Waals surface area (Å²) in [6.07, 6.45) is 2.70. The second-order valence-corrected chi connectivity index (χ2v) is 4.68. The molecule has 19 heavy (non-hydrogen) atoms. The zero-order chi connectivity index (χ0) is 13.7. The Balaban J connectivity index is 2.13. The van der Waals surface area contributed by atoms with Gasteiger partial charge in [0.1, 0.15) is 0 Å². The Hall–Kier alpha value is -1.79. The minimum atomic E-state index is 0.0664. The Kier molecular flexibility index (Phi) is 4.59. The van der Waals surface area contributed by atoms with Gasteiger partial charge in [-0.3, -0.25) is 4.79 Å². The van der Waals surface area contributed by atoms with E-state index in [-0.39, 0.29) is 12.5 Å². The van der Waals surface area contributed by atoms with Gasteiger partial charge >= 0.3 is 0 Å². The third-order valence-electron chi connectivity index (χ3n) is 3.17. The first-order valence-corrected chi connectivity index (χ1v) is 6.77. The normalized spacial score (nSPS) is 13.6. The molecular weight excluding hydrogens is 238 g/mol. The van der Waals surface area contributed by atoms with Crippen LogP contribution >= 0.6 is 0 Å². The highest BCUT2D eigenvalue weighted by molar-refractivity contribution is 5.95. The largest absolute Gasteiger partial charge is 0.395 e. The van der Waals surface area contributed by atoms with Gasteiger partial charge in [0.2, 0.25) is 0 Å². The highest BCUT2D eigenvalue weighted by Gasteiger charge is 2.31. The summed E-state index contributed by atoms with van der Waals surface area (Å²) < 4.78 is 0. The fourth-order valence-corrected chi connectivity index (χ4v) is 2.07. The number of rotatable bonds is 4. The first-order valence-electron chi connectivity index (χ1n) is 6.77. The molecule has 2 rings (SSSR count). The van der Waals surface area contributed by atoms with E-state index < -0.39 is 0 Å². The van der Waals surface area contributed by atoms with Gasteiger partial charge in [-0.15, -0.1) is 0 Å². The third kappa shape index (κ3) is 3.59. The van der Waals surface area contributed by atoms with Gasteiger partial charge in [0.15, 0.2) is 0 Å². The van der Waals surface area contributed by atoms with E-state index in [1.807, 2.05) is 36.1 Å². The van der Waals surface area contributed by atoms with E-state index in [2.05, 4.69) is 11.8 Å². The molecule has 3 heteroatoms. The summed E-state index contributed by atoms with van der Waals surface area (Å²) in [6, 6.07) is 7.84. The third-order valence-corrected chi connectivity index (χ3v) is 3.17. The summed E-state index contributed by atoms with van der Waals surface area (Å²) in [6.45, 7) is 2.84. The Bertz CT molecular complexity index is 509. The summed E-state index contributed by atoms with van der Waals surface area (Å²) in [5.41, 5.74) is 1.52. The predicted octanol–water partition coefficient (Wildman–Crippen LogP) is 2.04. The van der Waals surface area contributed by atoms with E-state index in [9.17, 15) is 4.79 Å². The molecule has 1 aliphatic carbocycles. The average molecular weight is 257 g/mol. The fraction of sp³-hybridized carbons (Fsp3) is 0.438. The van der Waals surface area contributed by atoms with Gasteiger partial charge in [0.05, 0.1) is 6.61 Å². The van der Waals surface area contributed by atoms with Gasteiger partial charge < -0.3 is 10.0 Å². The van der Waals surface area contributed by atoms with Gasteiger partial charge in [0.25, 0.3) is 5.91 Å². The van der Waals surface area contributed by atoms with Gasteiger partial charge in [-0.05, 0) is 38.0 Å². The molecular formula is C16H19NO2. The Labute approximate surface area is 114 Å². The fourth-order valence-electron chi connectivity index (χ4n) is 2.07. The van der Waals surface area contributed by atoms with Crippen LogP contribution in [-0.4, -0.2) is 35.1 Å². The molecule has 1 amide bonds. The lowest BCUT2D eigenvalue weighted by atomic mass is 10.1. The minimum absolute atomic E-state index is 0.0664. The van der Waals surface area contributed by atoms with Crippen LogP contribution in [0.3, 0.4) is 0 Å². The van der Waals surface area contributed by atoms with Crippen molar-refractivity contribution in [2.45, 2.75) is 32.2 Å². The number of amides is 1. The number of nitrogens with zero attached hydrogens (tertiary/aromatic N) is 1.